The smallest absolute Gasteiger partial charge is 0.277 e. The molecule has 1 N–H and O–H groups in total. The lowest BCUT2D eigenvalue weighted by molar-refractivity contribution is 0.0938. The first-order valence-electron chi connectivity index (χ1n) is 11.0. The second-order valence-corrected chi connectivity index (χ2v) is 8.93. The van der Waals surface area contributed by atoms with Crippen LogP contribution in [-0.2, 0) is 6.54 Å². The van der Waals surface area contributed by atoms with E-state index in [0.717, 1.165) is 30.7 Å². The van der Waals surface area contributed by atoms with Gasteiger partial charge in [0.05, 0.1) is 11.0 Å². The van der Waals surface area contributed by atoms with Gasteiger partial charge in [-0.3, -0.25) is 9.59 Å². The Bertz CT molecular complexity index is 1110. The summed E-state index contributed by atoms with van der Waals surface area (Å²) in [7, 11) is 0. The van der Waals surface area contributed by atoms with Gasteiger partial charge in [0.1, 0.15) is 5.52 Å². The standard InChI is InChI=1S/C23H31N5O2/c1-16(2)14-27-19-8-4-5-9-20(19)28-21(23(27)30)13-18(25-28)22(29)24-10-12-26-11-6-7-17(3)15-26/h4-5,8-9,13,16-17H,6-7,10-12,14-15H2,1-3H3,(H,24,29)/t17-/m1/s1. The molecule has 0 aliphatic carbocycles. The molecule has 1 fully saturated rings. The summed E-state index contributed by atoms with van der Waals surface area (Å²) in [5, 5.41) is 7.45. The first-order valence-corrected chi connectivity index (χ1v) is 11.0. The van der Waals surface area contributed by atoms with Crippen LogP contribution in [0.5, 0.6) is 0 Å². The van der Waals surface area contributed by atoms with Crippen molar-refractivity contribution in [1.82, 2.24) is 24.4 Å². The highest BCUT2D eigenvalue weighted by Gasteiger charge is 2.19. The number of hydrogen-bond donors (Lipinski definition) is 1. The molecule has 3 aromatic rings. The zero-order chi connectivity index (χ0) is 21.3. The summed E-state index contributed by atoms with van der Waals surface area (Å²) in [4.78, 5) is 28.2. The highest BCUT2D eigenvalue weighted by atomic mass is 16.2. The normalized spacial score (nSPS) is 17.8. The minimum Gasteiger partial charge on any atom is -0.349 e. The van der Waals surface area contributed by atoms with Crippen LogP contribution in [0.1, 0.15) is 44.1 Å². The van der Waals surface area contributed by atoms with Crippen molar-refractivity contribution in [3.63, 3.8) is 0 Å². The SMILES string of the molecule is CC(C)Cn1c(=O)c2cc(C(=O)NCCN3CCC[C@@H](C)C3)nn2c2ccccc21. The highest BCUT2D eigenvalue weighted by Crippen LogP contribution is 2.17. The Balaban J connectivity index is 1.58. The molecule has 3 heterocycles. The molecule has 160 valence electrons. The Hall–Kier alpha value is -2.67. The van der Waals surface area contributed by atoms with Crippen molar-refractivity contribution in [2.24, 2.45) is 11.8 Å². The van der Waals surface area contributed by atoms with E-state index in [1.807, 2.05) is 24.3 Å². The van der Waals surface area contributed by atoms with Gasteiger partial charge < -0.3 is 14.8 Å². The Morgan fingerprint density at radius 2 is 2.00 bits per heavy atom. The van der Waals surface area contributed by atoms with E-state index in [1.165, 1.54) is 12.8 Å². The number of nitrogens with zero attached hydrogens (tertiary/aromatic N) is 4. The number of hydrogen-bond acceptors (Lipinski definition) is 4. The van der Waals surface area contributed by atoms with Crippen LogP contribution in [0.15, 0.2) is 35.1 Å². The van der Waals surface area contributed by atoms with Crippen LogP contribution in [0.4, 0.5) is 0 Å². The van der Waals surface area contributed by atoms with Crippen LogP contribution >= 0.6 is 0 Å². The molecule has 30 heavy (non-hydrogen) atoms. The van der Waals surface area contributed by atoms with Gasteiger partial charge in [-0.1, -0.05) is 32.9 Å². The summed E-state index contributed by atoms with van der Waals surface area (Å²) >= 11 is 0. The molecule has 1 aromatic carbocycles. The third-order valence-corrected chi connectivity index (χ3v) is 5.81. The van der Waals surface area contributed by atoms with Gasteiger partial charge in [0.15, 0.2) is 5.69 Å². The number of rotatable bonds is 6. The van der Waals surface area contributed by atoms with E-state index in [0.29, 0.717) is 30.4 Å². The molecular formula is C23H31N5O2. The summed E-state index contributed by atoms with van der Waals surface area (Å²) < 4.78 is 3.39. The van der Waals surface area contributed by atoms with Crippen molar-refractivity contribution in [2.75, 3.05) is 26.2 Å². The van der Waals surface area contributed by atoms with Gasteiger partial charge in [-0.2, -0.15) is 5.10 Å². The molecule has 2 aromatic heterocycles. The third-order valence-electron chi connectivity index (χ3n) is 5.81. The summed E-state index contributed by atoms with van der Waals surface area (Å²) in [6.07, 6.45) is 2.50. The molecule has 0 bridgehead atoms. The Labute approximate surface area is 176 Å². The van der Waals surface area contributed by atoms with Crippen LogP contribution in [0.3, 0.4) is 0 Å². The van der Waals surface area contributed by atoms with Crippen molar-refractivity contribution in [3.8, 4) is 0 Å². The van der Waals surface area contributed by atoms with E-state index in [-0.39, 0.29) is 17.2 Å². The number of likely N-dealkylation sites (tertiary alicyclic amines) is 1. The summed E-state index contributed by atoms with van der Waals surface area (Å²) in [5.74, 6) is 0.814. The van der Waals surface area contributed by atoms with Gasteiger partial charge in [0, 0.05) is 32.2 Å². The molecule has 4 rings (SSSR count). The molecular weight excluding hydrogens is 378 g/mol. The fourth-order valence-corrected chi connectivity index (χ4v) is 4.40. The zero-order valence-corrected chi connectivity index (χ0v) is 18.1. The van der Waals surface area contributed by atoms with Crippen LogP contribution in [0.2, 0.25) is 0 Å². The van der Waals surface area contributed by atoms with E-state index in [9.17, 15) is 9.59 Å². The lowest BCUT2D eigenvalue weighted by Crippen LogP contribution is -2.40. The van der Waals surface area contributed by atoms with Crippen molar-refractivity contribution >= 4 is 22.5 Å². The van der Waals surface area contributed by atoms with Gasteiger partial charge in [-0.25, -0.2) is 4.52 Å². The molecule has 1 aliphatic heterocycles. The molecule has 1 aliphatic rings. The number of amides is 1. The van der Waals surface area contributed by atoms with E-state index in [2.05, 4.69) is 36.1 Å². The monoisotopic (exact) mass is 409 g/mol. The van der Waals surface area contributed by atoms with Crippen molar-refractivity contribution in [1.29, 1.82) is 0 Å². The second-order valence-electron chi connectivity index (χ2n) is 8.93. The van der Waals surface area contributed by atoms with Gasteiger partial charge >= 0.3 is 0 Å². The number of benzene rings is 1. The van der Waals surface area contributed by atoms with Crippen LogP contribution in [-0.4, -0.2) is 51.2 Å². The maximum atomic E-state index is 13.1. The number of nitrogens with one attached hydrogen (secondary N) is 1. The highest BCUT2D eigenvalue weighted by molar-refractivity contribution is 5.94. The van der Waals surface area contributed by atoms with Gasteiger partial charge in [0.25, 0.3) is 11.5 Å². The summed E-state index contributed by atoms with van der Waals surface area (Å²) in [6, 6.07) is 9.32. The van der Waals surface area contributed by atoms with Crippen molar-refractivity contribution in [3.05, 3.63) is 46.4 Å². The van der Waals surface area contributed by atoms with Crippen molar-refractivity contribution in [2.45, 2.75) is 40.2 Å². The first kappa shape index (κ1) is 20.6. The molecule has 1 amide bonds. The quantitative estimate of drug-likeness (QED) is 0.680. The number of aromatic nitrogens is 3. The molecule has 7 nitrogen and oxygen atoms in total. The number of para-hydroxylation sites is 2. The van der Waals surface area contributed by atoms with E-state index >= 15 is 0 Å². The van der Waals surface area contributed by atoms with Gasteiger partial charge in [-0.15, -0.1) is 0 Å². The molecule has 1 atom stereocenters. The topological polar surface area (TPSA) is 71.6 Å². The average molecular weight is 410 g/mol. The summed E-state index contributed by atoms with van der Waals surface area (Å²) in [6.45, 7) is 10.7. The van der Waals surface area contributed by atoms with Gasteiger partial charge in [-0.05, 0) is 43.4 Å². The fraction of sp³-hybridized carbons (Fsp3) is 0.522. The van der Waals surface area contributed by atoms with E-state index in [1.54, 1.807) is 15.1 Å². The second kappa shape index (κ2) is 8.60. The van der Waals surface area contributed by atoms with E-state index < -0.39 is 0 Å². The predicted octanol–water partition coefficient (Wildman–Crippen LogP) is 2.77. The maximum Gasteiger partial charge on any atom is 0.277 e. The summed E-state index contributed by atoms with van der Waals surface area (Å²) in [5.41, 5.74) is 2.26. The number of piperidine rings is 1. The largest absolute Gasteiger partial charge is 0.349 e. The number of carbonyl (C=O) groups excluding carboxylic acids is 1. The van der Waals surface area contributed by atoms with E-state index in [4.69, 9.17) is 0 Å². The maximum absolute atomic E-state index is 13.1. The zero-order valence-electron chi connectivity index (χ0n) is 18.1. The molecule has 0 unspecified atom stereocenters. The third kappa shape index (κ3) is 4.12. The molecule has 7 heteroatoms. The predicted molar refractivity (Wildman–Crippen MR) is 119 cm³/mol. The Kier molecular flexibility index (Phi) is 5.90. The first-order chi connectivity index (χ1) is 14.4. The fourth-order valence-electron chi connectivity index (χ4n) is 4.40. The van der Waals surface area contributed by atoms with Crippen LogP contribution in [0.25, 0.3) is 16.6 Å². The molecule has 1 saturated heterocycles. The van der Waals surface area contributed by atoms with Crippen LogP contribution < -0.4 is 10.9 Å². The van der Waals surface area contributed by atoms with Gasteiger partial charge in [0.2, 0.25) is 0 Å². The number of carbonyl (C=O) groups is 1. The van der Waals surface area contributed by atoms with Crippen molar-refractivity contribution < 1.29 is 4.79 Å². The lowest BCUT2D eigenvalue weighted by Gasteiger charge is -2.30. The van der Waals surface area contributed by atoms with Crippen LogP contribution in [0, 0.1) is 11.8 Å². The Morgan fingerprint density at radius 1 is 1.23 bits per heavy atom. The average Bonchev–Trinajstić information content (AvgIpc) is 3.17. The Morgan fingerprint density at radius 3 is 2.73 bits per heavy atom. The minimum absolute atomic E-state index is 0.115. The molecule has 0 saturated carbocycles. The molecule has 0 spiro atoms. The molecule has 0 radical (unpaired) electrons. The minimum atomic E-state index is -0.234. The lowest BCUT2D eigenvalue weighted by atomic mass is 10.0. The number of fused-ring (bicyclic) bond motifs is 3.